The molecule has 0 spiro atoms. The summed E-state index contributed by atoms with van der Waals surface area (Å²) in [5.41, 5.74) is 5.85. The van der Waals surface area contributed by atoms with Gasteiger partial charge in [0.1, 0.15) is 12.4 Å². The Bertz CT molecular complexity index is 1260. The van der Waals surface area contributed by atoms with Crippen molar-refractivity contribution in [2.75, 3.05) is 0 Å². The summed E-state index contributed by atoms with van der Waals surface area (Å²) >= 11 is 0. The molecule has 0 saturated heterocycles. The van der Waals surface area contributed by atoms with Gasteiger partial charge in [0.2, 0.25) is 0 Å². The van der Waals surface area contributed by atoms with E-state index in [2.05, 4.69) is 110 Å². The highest BCUT2D eigenvalue weighted by Crippen LogP contribution is 2.54. The number of hydrogen-bond acceptors (Lipinski definition) is 2. The minimum atomic E-state index is -0.131. The van der Waals surface area contributed by atoms with E-state index in [0.717, 1.165) is 30.6 Å². The predicted octanol–water partition coefficient (Wildman–Crippen LogP) is 10.3. The highest BCUT2D eigenvalue weighted by atomic mass is 31.1. The zero-order valence-electron chi connectivity index (χ0n) is 26.4. The lowest BCUT2D eigenvalue weighted by Crippen LogP contribution is -2.28. The maximum absolute atomic E-state index is 12.7. The number of ether oxygens (including phenoxy) is 1. The van der Waals surface area contributed by atoms with Crippen molar-refractivity contribution in [3.05, 3.63) is 94.5 Å². The summed E-state index contributed by atoms with van der Waals surface area (Å²) in [6.07, 6.45) is 5.59. The molecule has 3 aromatic rings. The van der Waals surface area contributed by atoms with E-state index in [1.54, 1.807) is 6.92 Å². The molecule has 0 heterocycles. The molecule has 0 saturated carbocycles. The van der Waals surface area contributed by atoms with E-state index >= 15 is 0 Å². The fraction of sp³-hybridized carbons (Fsp3) is 0.486. The molecule has 0 radical (unpaired) electrons. The lowest BCUT2D eigenvalue weighted by molar-refractivity contribution is 0.101. The monoisotopic (exact) mass is 558 g/mol. The Morgan fingerprint density at radius 3 is 2.00 bits per heavy atom. The number of Topliss-reactive ketones (excluding diaryl/α,β-unsaturated/α-hetero) is 1. The maximum atomic E-state index is 12.7. The van der Waals surface area contributed by atoms with Crippen molar-refractivity contribution in [1.82, 2.24) is 0 Å². The normalized spacial score (nSPS) is 13.9. The number of benzene rings is 3. The maximum Gasteiger partial charge on any atom is 0.160 e. The third-order valence-electron chi connectivity index (χ3n) is 8.00. The van der Waals surface area contributed by atoms with Crippen molar-refractivity contribution < 1.29 is 9.53 Å². The van der Waals surface area contributed by atoms with Crippen molar-refractivity contribution in [2.45, 2.75) is 117 Å². The lowest BCUT2D eigenvalue weighted by Gasteiger charge is -2.39. The molecular weight excluding hydrogens is 507 g/mol. The number of carbonyl (C=O) groups is 1. The van der Waals surface area contributed by atoms with E-state index in [9.17, 15) is 4.79 Å². The average molecular weight is 559 g/mol. The van der Waals surface area contributed by atoms with Gasteiger partial charge < -0.3 is 4.74 Å². The zero-order valence-corrected chi connectivity index (χ0v) is 27.4. The van der Waals surface area contributed by atoms with Crippen molar-refractivity contribution in [3.8, 4) is 5.75 Å². The van der Waals surface area contributed by atoms with Crippen LogP contribution >= 0.6 is 8.58 Å². The third-order valence-corrected chi connectivity index (χ3v) is 10.1. The fourth-order valence-electron chi connectivity index (χ4n) is 5.41. The van der Waals surface area contributed by atoms with E-state index in [-0.39, 0.29) is 21.8 Å². The highest BCUT2D eigenvalue weighted by molar-refractivity contribution is 7.48. The van der Waals surface area contributed by atoms with Gasteiger partial charge in [-0.05, 0) is 47.0 Å². The number of hydrogen-bond donors (Lipinski definition) is 0. The first-order chi connectivity index (χ1) is 18.8. The molecule has 0 aliphatic rings. The largest absolute Gasteiger partial charge is 0.488 e. The lowest BCUT2D eigenvalue weighted by atomic mass is 9.76. The van der Waals surface area contributed by atoms with Gasteiger partial charge in [-0.15, -0.1) is 0 Å². The Balaban J connectivity index is 2.34. The zero-order chi connectivity index (χ0) is 29.6. The molecule has 0 aliphatic carbocycles. The number of carbonyl (C=O) groups excluding carboxylic acids is 1. The van der Waals surface area contributed by atoms with Crippen LogP contribution in [0.1, 0.15) is 127 Å². The standard InChI is InChI=1S/C37H51O2P/c1-10-12-18-23-37(11-2,40-33-22-17-16-21-30(33)27(3)38)32-25-29(35(4,5)6)24-31(36(7,8)9)34(32)39-26-28-19-14-13-15-20-28/h13-17,19-22,24-25,40H,10-12,18,23,26H2,1-9H3. The van der Waals surface area contributed by atoms with Crippen LogP contribution in [0.25, 0.3) is 0 Å². The summed E-state index contributed by atoms with van der Waals surface area (Å²) in [5, 5.41) is 1.04. The van der Waals surface area contributed by atoms with Crippen LogP contribution in [0.3, 0.4) is 0 Å². The molecule has 0 aromatic heterocycles. The van der Waals surface area contributed by atoms with Crippen molar-refractivity contribution in [3.63, 3.8) is 0 Å². The van der Waals surface area contributed by atoms with Crippen LogP contribution in [-0.4, -0.2) is 5.78 Å². The van der Waals surface area contributed by atoms with Crippen molar-refractivity contribution >= 4 is 19.7 Å². The van der Waals surface area contributed by atoms with Crippen LogP contribution in [0, 0.1) is 0 Å². The minimum absolute atomic E-state index is 0.00396. The van der Waals surface area contributed by atoms with E-state index in [4.69, 9.17) is 4.74 Å². The van der Waals surface area contributed by atoms with E-state index in [0.29, 0.717) is 15.2 Å². The molecule has 0 aliphatic heterocycles. The van der Waals surface area contributed by atoms with Crippen LogP contribution in [0.2, 0.25) is 0 Å². The van der Waals surface area contributed by atoms with Gasteiger partial charge in [0.25, 0.3) is 0 Å². The first-order valence-electron chi connectivity index (χ1n) is 15.1. The second kappa shape index (κ2) is 13.5. The van der Waals surface area contributed by atoms with E-state index in [1.165, 1.54) is 40.4 Å². The van der Waals surface area contributed by atoms with Crippen LogP contribution in [0.15, 0.2) is 66.7 Å². The van der Waals surface area contributed by atoms with Crippen LogP contribution in [0.5, 0.6) is 5.75 Å². The molecule has 0 amide bonds. The second-order valence-corrected chi connectivity index (χ2v) is 15.0. The Kier molecular flexibility index (Phi) is 10.8. The predicted molar refractivity (Wildman–Crippen MR) is 175 cm³/mol. The summed E-state index contributed by atoms with van der Waals surface area (Å²) in [7, 11) is 0.472. The average Bonchev–Trinajstić information content (AvgIpc) is 2.90. The Hall–Kier alpha value is -2.44. The molecule has 0 N–H and O–H groups in total. The molecule has 0 fully saturated rings. The number of rotatable bonds is 12. The Labute approximate surface area is 246 Å². The molecule has 3 rings (SSSR count). The van der Waals surface area contributed by atoms with Crippen LogP contribution in [0.4, 0.5) is 0 Å². The van der Waals surface area contributed by atoms with Crippen LogP contribution < -0.4 is 10.0 Å². The van der Waals surface area contributed by atoms with Gasteiger partial charge in [-0.25, -0.2) is 0 Å². The van der Waals surface area contributed by atoms with Gasteiger partial charge in [0, 0.05) is 21.8 Å². The van der Waals surface area contributed by atoms with Gasteiger partial charge in [0.05, 0.1) is 0 Å². The highest BCUT2D eigenvalue weighted by Gasteiger charge is 2.38. The molecule has 2 unspecified atom stereocenters. The molecule has 40 heavy (non-hydrogen) atoms. The van der Waals surface area contributed by atoms with Gasteiger partial charge in [-0.3, -0.25) is 4.79 Å². The molecule has 2 nitrogen and oxygen atoms in total. The Morgan fingerprint density at radius 1 is 0.800 bits per heavy atom. The fourth-order valence-corrected chi connectivity index (χ4v) is 7.30. The van der Waals surface area contributed by atoms with Gasteiger partial charge >= 0.3 is 0 Å². The van der Waals surface area contributed by atoms with Gasteiger partial charge in [0.15, 0.2) is 5.78 Å². The second-order valence-electron chi connectivity index (χ2n) is 13.3. The van der Waals surface area contributed by atoms with Gasteiger partial charge in [-0.1, -0.05) is 150 Å². The topological polar surface area (TPSA) is 26.3 Å². The summed E-state index contributed by atoms with van der Waals surface area (Å²) < 4.78 is 6.92. The third kappa shape index (κ3) is 7.85. The molecule has 3 aromatic carbocycles. The van der Waals surface area contributed by atoms with Crippen LogP contribution in [-0.2, 0) is 22.6 Å². The molecule has 0 bridgehead atoms. The first-order valence-corrected chi connectivity index (χ1v) is 16.1. The molecular formula is C37H51O2P. The number of unbranched alkanes of at least 4 members (excludes halogenated alkanes) is 2. The SMILES string of the molecule is CCCCCC(CC)(Pc1ccccc1C(C)=O)c1cc(C(C)(C)C)cc(C(C)(C)C)c1OCc1ccccc1. The molecule has 3 heteroatoms. The Morgan fingerprint density at radius 2 is 1.43 bits per heavy atom. The summed E-state index contributed by atoms with van der Waals surface area (Å²) in [6.45, 7) is 20.6. The molecule has 2 atom stereocenters. The smallest absolute Gasteiger partial charge is 0.160 e. The quantitative estimate of drug-likeness (QED) is 0.126. The van der Waals surface area contributed by atoms with Gasteiger partial charge in [-0.2, -0.15) is 0 Å². The molecule has 216 valence electrons. The summed E-state index contributed by atoms with van der Waals surface area (Å²) in [4.78, 5) is 12.7. The summed E-state index contributed by atoms with van der Waals surface area (Å²) in [6, 6.07) is 23.6. The van der Waals surface area contributed by atoms with Crippen molar-refractivity contribution in [1.29, 1.82) is 0 Å². The number of ketones is 1. The minimum Gasteiger partial charge on any atom is -0.488 e. The van der Waals surface area contributed by atoms with E-state index < -0.39 is 0 Å². The van der Waals surface area contributed by atoms with Crippen molar-refractivity contribution in [2.24, 2.45) is 0 Å². The summed E-state index contributed by atoms with van der Waals surface area (Å²) in [5.74, 6) is 1.18. The van der Waals surface area contributed by atoms with E-state index in [1.807, 2.05) is 12.1 Å². The first kappa shape index (κ1) is 32.1.